The summed E-state index contributed by atoms with van der Waals surface area (Å²) in [5, 5.41) is 25.1. The van der Waals surface area contributed by atoms with Gasteiger partial charge in [-0.2, -0.15) is 0 Å². The summed E-state index contributed by atoms with van der Waals surface area (Å²) in [5.74, 6) is 0.338. The SMILES string of the molecule is CC(O)C(O)Nc1oncc1-c1ccccc1. The summed E-state index contributed by atoms with van der Waals surface area (Å²) in [5.41, 5.74) is 1.67. The largest absolute Gasteiger partial charge is 0.389 e. The lowest BCUT2D eigenvalue weighted by Gasteiger charge is -2.14. The Morgan fingerprint density at radius 2 is 1.94 bits per heavy atom. The predicted octanol–water partition coefficient (Wildman–Crippen LogP) is 1.45. The molecule has 0 saturated heterocycles. The first-order valence-electron chi connectivity index (χ1n) is 5.31. The van der Waals surface area contributed by atoms with Crippen molar-refractivity contribution in [2.45, 2.75) is 19.3 Å². The molecule has 0 aliphatic heterocycles. The molecule has 2 atom stereocenters. The molecule has 90 valence electrons. The van der Waals surface area contributed by atoms with Gasteiger partial charge in [-0.25, -0.2) is 0 Å². The van der Waals surface area contributed by atoms with Crippen molar-refractivity contribution < 1.29 is 14.7 Å². The smallest absolute Gasteiger partial charge is 0.234 e. The van der Waals surface area contributed by atoms with Crippen molar-refractivity contribution >= 4 is 5.88 Å². The number of hydrogen-bond acceptors (Lipinski definition) is 5. The van der Waals surface area contributed by atoms with Crippen LogP contribution >= 0.6 is 0 Å². The van der Waals surface area contributed by atoms with E-state index in [9.17, 15) is 10.2 Å². The molecule has 5 nitrogen and oxygen atoms in total. The van der Waals surface area contributed by atoms with Crippen molar-refractivity contribution in [1.82, 2.24) is 5.16 Å². The molecule has 0 bridgehead atoms. The predicted molar refractivity (Wildman–Crippen MR) is 63.2 cm³/mol. The van der Waals surface area contributed by atoms with Crippen LogP contribution in [-0.4, -0.2) is 27.7 Å². The van der Waals surface area contributed by atoms with Crippen molar-refractivity contribution in [1.29, 1.82) is 0 Å². The molecule has 5 heteroatoms. The zero-order valence-corrected chi connectivity index (χ0v) is 9.37. The first-order valence-corrected chi connectivity index (χ1v) is 5.31. The van der Waals surface area contributed by atoms with Gasteiger partial charge in [0.1, 0.15) is 0 Å². The number of anilines is 1. The highest BCUT2D eigenvalue weighted by molar-refractivity contribution is 5.73. The average molecular weight is 234 g/mol. The van der Waals surface area contributed by atoms with E-state index in [4.69, 9.17) is 4.52 Å². The summed E-state index contributed by atoms with van der Waals surface area (Å²) in [4.78, 5) is 0. The van der Waals surface area contributed by atoms with Crippen LogP contribution in [0.25, 0.3) is 11.1 Å². The molecule has 0 aliphatic rings. The maximum Gasteiger partial charge on any atom is 0.234 e. The fourth-order valence-corrected chi connectivity index (χ4v) is 1.42. The van der Waals surface area contributed by atoms with Crippen molar-refractivity contribution in [3.8, 4) is 11.1 Å². The fourth-order valence-electron chi connectivity index (χ4n) is 1.42. The van der Waals surface area contributed by atoms with Gasteiger partial charge in [-0.05, 0) is 12.5 Å². The van der Waals surface area contributed by atoms with Crippen LogP contribution in [0.1, 0.15) is 6.92 Å². The van der Waals surface area contributed by atoms with Crippen molar-refractivity contribution in [2.75, 3.05) is 5.32 Å². The molecular formula is C12H14N2O3. The van der Waals surface area contributed by atoms with Crippen molar-refractivity contribution in [2.24, 2.45) is 0 Å². The fraction of sp³-hybridized carbons (Fsp3) is 0.250. The molecule has 1 aromatic carbocycles. The molecule has 1 heterocycles. The third-order valence-electron chi connectivity index (χ3n) is 2.39. The number of aliphatic hydroxyl groups excluding tert-OH is 2. The standard InChI is InChI=1S/C12H14N2O3/c1-8(15)11(16)14-12-10(7-13-17-12)9-5-3-2-4-6-9/h2-8,11,14-16H,1H3. The van der Waals surface area contributed by atoms with E-state index >= 15 is 0 Å². The van der Waals surface area contributed by atoms with Crippen LogP contribution in [0.4, 0.5) is 5.88 Å². The Bertz CT molecular complexity index is 468. The van der Waals surface area contributed by atoms with Crippen LogP contribution in [0.5, 0.6) is 0 Å². The zero-order valence-electron chi connectivity index (χ0n) is 9.37. The molecule has 0 radical (unpaired) electrons. The molecule has 2 rings (SSSR count). The highest BCUT2D eigenvalue weighted by atomic mass is 16.5. The summed E-state index contributed by atoms with van der Waals surface area (Å²) < 4.78 is 5.01. The molecule has 0 saturated carbocycles. The van der Waals surface area contributed by atoms with Gasteiger partial charge in [0.2, 0.25) is 5.88 Å². The maximum atomic E-state index is 9.52. The Kier molecular flexibility index (Phi) is 3.41. The second-order valence-corrected chi connectivity index (χ2v) is 3.76. The molecular weight excluding hydrogens is 220 g/mol. The number of aromatic nitrogens is 1. The average Bonchev–Trinajstić information content (AvgIpc) is 2.78. The van der Waals surface area contributed by atoms with Gasteiger partial charge in [0.05, 0.1) is 17.9 Å². The lowest BCUT2D eigenvalue weighted by atomic mass is 10.1. The van der Waals surface area contributed by atoms with Crippen LogP contribution in [0.15, 0.2) is 41.1 Å². The minimum absolute atomic E-state index is 0.338. The molecule has 0 fully saturated rings. The lowest BCUT2D eigenvalue weighted by molar-refractivity contribution is 0.0480. The lowest BCUT2D eigenvalue weighted by Crippen LogP contribution is -2.30. The molecule has 2 unspecified atom stereocenters. The Morgan fingerprint density at radius 1 is 1.24 bits per heavy atom. The van der Waals surface area contributed by atoms with E-state index in [-0.39, 0.29) is 0 Å². The first kappa shape index (κ1) is 11.6. The second kappa shape index (κ2) is 4.99. The monoisotopic (exact) mass is 234 g/mol. The third-order valence-corrected chi connectivity index (χ3v) is 2.39. The van der Waals surface area contributed by atoms with E-state index in [0.717, 1.165) is 11.1 Å². The van der Waals surface area contributed by atoms with Gasteiger partial charge in [0.15, 0.2) is 6.23 Å². The van der Waals surface area contributed by atoms with E-state index < -0.39 is 12.3 Å². The quantitative estimate of drug-likeness (QED) is 0.698. The van der Waals surface area contributed by atoms with Gasteiger partial charge in [-0.15, -0.1) is 0 Å². The number of rotatable bonds is 4. The summed E-state index contributed by atoms with van der Waals surface area (Å²) in [6.07, 6.45) is -0.430. The molecule has 1 aromatic heterocycles. The number of aliphatic hydroxyl groups is 2. The van der Waals surface area contributed by atoms with Gasteiger partial charge < -0.3 is 20.1 Å². The first-order chi connectivity index (χ1) is 8.18. The molecule has 0 aliphatic carbocycles. The molecule has 3 N–H and O–H groups in total. The van der Waals surface area contributed by atoms with Crippen LogP contribution < -0.4 is 5.32 Å². The molecule has 0 amide bonds. The molecule has 0 spiro atoms. The van der Waals surface area contributed by atoms with Crippen molar-refractivity contribution in [3.63, 3.8) is 0 Å². The van der Waals surface area contributed by atoms with Gasteiger partial charge in [-0.3, -0.25) is 0 Å². The Hall–Kier alpha value is -1.85. The summed E-state index contributed by atoms with van der Waals surface area (Å²) >= 11 is 0. The van der Waals surface area contributed by atoms with E-state index in [1.807, 2.05) is 30.3 Å². The highest BCUT2D eigenvalue weighted by Gasteiger charge is 2.16. The minimum atomic E-state index is -1.09. The second-order valence-electron chi connectivity index (χ2n) is 3.76. The van der Waals surface area contributed by atoms with E-state index in [1.165, 1.54) is 6.92 Å². The number of hydrogen-bond donors (Lipinski definition) is 3. The maximum absolute atomic E-state index is 9.52. The van der Waals surface area contributed by atoms with Crippen molar-refractivity contribution in [3.05, 3.63) is 36.5 Å². The number of nitrogens with one attached hydrogen (secondary N) is 1. The normalized spacial score (nSPS) is 14.3. The summed E-state index contributed by atoms with van der Waals surface area (Å²) in [6, 6.07) is 9.53. The zero-order chi connectivity index (χ0) is 12.3. The van der Waals surface area contributed by atoms with Gasteiger partial charge in [0.25, 0.3) is 0 Å². The third kappa shape index (κ3) is 2.64. The van der Waals surface area contributed by atoms with Gasteiger partial charge in [0, 0.05) is 0 Å². The Morgan fingerprint density at radius 3 is 2.59 bits per heavy atom. The van der Waals surface area contributed by atoms with Crippen LogP contribution in [0.3, 0.4) is 0 Å². The minimum Gasteiger partial charge on any atom is -0.389 e. The molecule has 2 aromatic rings. The molecule has 17 heavy (non-hydrogen) atoms. The van der Waals surface area contributed by atoms with E-state index in [2.05, 4.69) is 10.5 Å². The van der Waals surface area contributed by atoms with Gasteiger partial charge >= 0.3 is 0 Å². The van der Waals surface area contributed by atoms with Crippen LogP contribution in [0.2, 0.25) is 0 Å². The summed E-state index contributed by atoms with van der Waals surface area (Å²) in [7, 11) is 0. The highest BCUT2D eigenvalue weighted by Crippen LogP contribution is 2.27. The van der Waals surface area contributed by atoms with Crippen LogP contribution in [0, 0.1) is 0 Å². The Labute approximate surface area is 98.7 Å². The van der Waals surface area contributed by atoms with Crippen LogP contribution in [-0.2, 0) is 0 Å². The van der Waals surface area contributed by atoms with Gasteiger partial charge in [-0.1, -0.05) is 35.5 Å². The topological polar surface area (TPSA) is 78.5 Å². The Balaban J connectivity index is 2.23. The number of benzene rings is 1. The summed E-state index contributed by atoms with van der Waals surface area (Å²) in [6.45, 7) is 1.48. The van der Waals surface area contributed by atoms with E-state index in [0.29, 0.717) is 5.88 Å². The number of nitrogens with zero attached hydrogens (tertiary/aromatic N) is 1. The van der Waals surface area contributed by atoms with E-state index in [1.54, 1.807) is 6.20 Å².